The van der Waals surface area contributed by atoms with E-state index in [-0.39, 0.29) is 17.4 Å². The maximum Gasteiger partial charge on any atom is 0.291 e. The van der Waals surface area contributed by atoms with Crippen LogP contribution in [0, 0.1) is 0 Å². The largest absolute Gasteiger partial charge is 0.504 e. The van der Waals surface area contributed by atoms with Crippen molar-refractivity contribution in [2.45, 2.75) is 6.92 Å². The lowest BCUT2D eigenvalue weighted by molar-refractivity contribution is 0.0998. The molecule has 0 saturated heterocycles. The Morgan fingerprint density at radius 1 is 1.10 bits per heavy atom. The summed E-state index contributed by atoms with van der Waals surface area (Å²) in [6.45, 7) is 2.32. The van der Waals surface area contributed by atoms with Crippen LogP contribution in [0.3, 0.4) is 0 Å². The van der Waals surface area contributed by atoms with Crippen molar-refractivity contribution in [1.82, 2.24) is 0 Å². The molecular formula is C24H20N2O4. The molecule has 1 aromatic heterocycles. The Morgan fingerprint density at radius 3 is 2.67 bits per heavy atom. The average Bonchev–Trinajstić information content (AvgIpc) is 3.20. The molecule has 0 bridgehead atoms. The third-order valence-corrected chi connectivity index (χ3v) is 4.46. The molecule has 2 N–H and O–H groups in total. The van der Waals surface area contributed by atoms with E-state index in [4.69, 9.17) is 9.15 Å². The van der Waals surface area contributed by atoms with Crippen LogP contribution in [0.1, 0.15) is 23.0 Å². The van der Waals surface area contributed by atoms with E-state index in [1.807, 2.05) is 31.2 Å². The van der Waals surface area contributed by atoms with Gasteiger partial charge in [-0.05, 0) is 55.5 Å². The van der Waals surface area contributed by atoms with Crippen LogP contribution in [0.5, 0.6) is 11.5 Å². The van der Waals surface area contributed by atoms with Crippen molar-refractivity contribution in [2.75, 3.05) is 11.9 Å². The standard InChI is InChI=1S/C24H20N2O4/c1-2-29-21-9-5-7-17(23(21)27)15-25-18-10-12-19(13-11-18)26-24(28)22-14-16-6-3-4-8-20(16)30-22/h3-15,27H,2H2,1H3,(H,26,28). The number of hydrogen-bond donors (Lipinski definition) is 2. The van der Waals surface area contributed by atoms with Crippen LogP contribution in [0.15, 0.2) is 82.2 Å². The number of carbonyl (C=O) groups is 1. The molecule has 150 valence electrons. The first-order valence-electron chi connectivity index (χ1n) is 9.53. The van der Waals surface area contributed by atoms with Gasteiger partial charge in [0, 0.05) is 22.9 Å². The predicted octanol–water partition coefficient (Wildman–Crippen LogP) is 5.54. The van der Waals surface area contributed by atoms with E-state index in [1.165, 1.54) is 0 Å². The minimum absolute atomic E-state index is 0.0535. The molecule has 0 fully saturated rings. The highest BCUT2D eigenvalue weighted by Crippen LogP contribution is 2.29. The van der Waals surface area contributed by atoms with Crippen molar-refractivity contribution in [1.29, 1.82) is 0 Å². The van der Waals surface area contributed by atoms with Crippen LogP contribution in [0.2, 0.25) is 0 Å². The number of benzene rings is 3. The Labute approximate surface area is 173 Å². The molecular weight excluding hydrogens is 380 g/mol. The maximum atomic E-state index is 12.4. The zero-order valence-electron chi connectivity index (χ0n) is 16.3. The number of phenolic OH excluding ortho intramolecular Hbond substituents is 1. The van der Waals surface area contributed by atoms with Crippen LogP contribution in [-0.2, 0) is 0 Å². The van der Waals surface area contributed by atoms with Gasteiger partial charge in [0.15, 0.2) is 17.3 Å². The molecule has 3 aromatic carbocycles. The van der Waals surface area contributed by atoms with Crippen molar-refractivity contribution in [3.8, 4) is 11.5 Å². The number of hydrogen-bond acceptors (Lipinski definition) is 5. The second-order valence-corrected chi connectivity index (χ2v) is 6.53. The molecule has 0 saturated carbocycles. The molecule has 0 aliphatic rings. The lowest BCUT2D eigenvalue weighted by atomic mass is 10.2. The molecule has 4 aromatic rings. The topological polar surface area (TPSA) is 84.1 Å². The van der Waals surface area contributed by atoms with Crippen molar-refractivity contribution in [2.24, 2.45) is 4.99 Å². The fraction of sp³-hybridized carbons (Fsp3) is 0.0833. The first-order chi connectivity index (χ1) is 14.6. The highest BCUT2D eigenvalue weighted by molar-refractivity contribution is 6.04. The summed E-state index contributed by atoms with van der Waals surface area (Å²) >= 11 is 0. The molecule has 6 heteroatoms. The summed E-state index contributed by atoms with van der Waals surface area (Å²) in [5.41, 5.74) is 2.53. The Hall–Kier alpha value is -4.06. The summed E-state index contributed by atoms with van der Waals surface area (Å²) < 4.78 is 11.0. The van der Waals surface area contributed by atoms with Gasteiger partial charge in [-0.15, -0.1) is 0 Å². The number of carbonyl (C=O) groups excluding carboxylic acids is 1. The van der Waals surface area contributed by atoms with E-state index in [9.17, 15) is 9.90 Å². The molecule has 0 aliphatic carbocycles. The molecule has 0 atom stereocenters. The zero-order valence-corrected chi connectivity index (χ0v) is 16.3. The second-order valence-electron chi connectivity index (χ2n) is 6.53. The lowest BCUT2D eigenvalue weighted by Crippen LogP contribution is -2.10. The summed E-state index contributed by atoms with van der Waals surface area (Å²) in [4.78, 5) is 16.8. The van der Waals surface area contributed by atoms with E-state index in [0.29, 0.717) is 34.9 Å². The number of phenols is 1. The molecule has 6 nitrogen and oxygen atoms in total. The lowest BCUT2D eigenvalue weighted by Gasteiger charge is -2.07. The molecule has 30 heavy (non-hydrogen) atoms. The molecule has 0 radical (unpaired) electrons. The number of furan rings is 1. The van der Waals surface area contributed by atoms with Crippen LogP contribution in [0.25, 0.3) is 11.0 Å². The number of ether oxygens (including phenoxy) is 1. The van der Waals surface area contributed by atoms with Crippen molar-refractivity contribution < 1.29 is 19.1 Å². The van der Waals surface area contributed by atoms with E-state index in [1.54, 1.807) is 54.7 Å². The van der Waals surface area contributed by atoms with Crippen molar-refractivity contribution in [3.05, 3.63) is 84.1 Å². The highest BCUT2D eigenvalue weighted by Gasteiger charge is 2.12. The van der Waals surface area contributed by atoms with Gasteiger partial charge in [0.25, 0.3) is 5.91 Å². The number of nitrogens with zero attached hydrogens (tertiary/aromatic N) is 1. The summed E-state index contributed by atoms with van der Waals surface area (Å²) in [5, 5.41) is 13.9. The van der Waals surface area contributed by atoms with Gasteiger partial charge >= 0.3 is 0 Å². The number of amides is 1. The van der Waals surface area contributed by atoms with Gasteiger partial charge in [0.1, 0.15) is 5.58 Å². The van der Waals surface area contributed by atoms with Gasteiger partial charge in [-0.1, -0.05) is 24.3 Å². The van der Waals surface area contributed by atoms with Crippen molar-refractivity contribution in [3.63, 3.8) is 0 Å². The summed E-state index contributed by atoms with van der Waals surface area (Å²) in [7, 11) is 0. The van der Waals surface area contributed by atoms with Crippen molar-refractivity contribution >= 4 is 34.5 Å². The number of fused-ring (bicyclic) bond motifs is 1. The molecule has 1 heterocycles. The van der Waals surface area contributed by atoms with E-state index in [0.717, 1.165) is 5.39 Å². The van der Waals surface area contributed by atoms with Gasteiger partial charge in [-0.25, -0.2) is 0 Å². The minimum atomic E-state index is -0.319. The average molecular weight is 400 g/mol. The van der Waals surface area contributed by atoms with E-state index in [2.05, 4.69) is 10.3 Å². The number of rotatable bonds is 6. The van der Waals surface area contributed by atoms with Gasteiger partial charge in [-0.3, -0.25) is 9.79 Å². The summed E-state index contributed by atoms with van der Waals surface area (Å²) in [6, 6.07) is 21.5. The summed E-state index contributed by atoms with van der Waals surface area (Å²) in [5.74, 6) is 0.408. The van der Waals surface area contributed by atoms with E-state index >= 15 is 0 Å². The van der Waals surface area contributed by atoms with Gasteiger partial charge in [-0.2, -0.15) is 0 Å². The molecule has 1 amide bonds. The number of nitrogens with one attached hydrogen (secondary N) is 1. The first kappa shape index (κ1) is 19.3. The quantitative estimate of drug-likeness (QED) is 0.416. The molecule has 4 rings (SSSR count). The monoisotopic (exact) mass is 400 g/mol. The van der Waals surface area contributed by atoms with Crippen LogP contribution in [-0.4, -0.2) is 23.8 Å². The van der Waals surface area contributed by atoms with Crippen LogP contribution in [0.4, 0.5) is 11.4 Å². The molecule has 0 aliphatic heterocycles. The smallest absolute Gasteiger partial charge is 0.291 e. The Balaban J connectivity index is 1.44. The predicted molar refractivity (Wildman–Crippen MR) is 117 cm³/mol. The van der Waals surface area contributed by atoms with E-state index < -0.39 is 0 Å². The second kappa shape index (κ2) is 8.53. The van der Waals surface area contributed by atoms with Gasteiger partial charge < -0.3 is 19.6 Å². The Bertz CT molecular complexity index is 1180. The number of aromatic hydroxyl groups is 1. The third-order valence-electron chi connectivity index (χ3n) is 4.46. The van der Waals surface area contributed by atoms with Crippen LogP contribution >= 0.6 is 0 Å². The first-order valence-corrected chi connectivity index (χ1v) is 9.53. The maximum absolute atomic E-state index is 12.4. The molecule has 0 spiro atoms. The fourth-order valence-electron chi connectivity index (χ4n) is 2.98. The highest BCUT2D eigenvalue weighted by atomic mass is 16.5. The molecule has 0 unspecified atom stereocenters. The Morgan fingerprint density at radius 2 is 1.90 bits per heavy atom. The van der Waals surface area contributed by atoms with Crippen LogP contribution < -0.4 is 10.1 Å². The zero-order chi connectivity index (χ0) is 20.9. The number of para-hydroxylation sites is 2. The number of aliphatic imine (C=N–C) groups is 1. The van der Waals surface area contributed by atoms with Gasteiger partial charge in [0.05, 0.1) is 12.3 Å². The van der Waals surface area contributed by atoms with Gasteiger partial charge in [0.2, 0.25) is 0 Å². The fourth-order valence-corrected chi connectivity index (χ4v) is 2.98. The normalized spacial score (nSPS) is 11.1. The number of anilines is 1. The minimum Gasteiger partial charge on any atom is -0.504 e. The Kier molecular flexibility index (Phi) is 5.48. The SMILES string of the molecule is CCOc1cccc(C=Nc2ccc(NC(=O)c3cc4ccccc4o3)cc2)c1O. The third kappa shape index (κ3) is 4.17. The summed E-state index contributed by atoms with van der Waals surface area (Å²) in [6.07, 6.45) is 1.57.